The molecule has 2 rings (SSSR count). The maximum atomic E-state index is 11.6. The summed E-state index contributed by atoms with van der Waals surface area (Å²) in [4.78, 5) is 11.6. The molecule has 2 fully saturated rings. The zero-order valence-electron chi connectivity index (χ0n) is 8.33. The van der Waals surface area contributed by atoms with E-state index in [0.717, 1.165) is 25.7 Å². The summed E-state index contributed by atoms with van der Waals surface area (Å²) in [6, 6.07) is 0. The third kappa shape index (κ3) is 1.91. The smallest absolute Gasteiger partial charge is 0.227 e. The summed E-state index contributed by atoms with van der Waals surface area (Å²) in [5.41, 5.74) is 5.24. The molecular formula is C10H18N2O2. The number of nitrogens with two attached hydrogens (primary N) is 1. The Morgan fingerprint density at radius 3 is 2.64 bits per heavy atom. The molecule has 0 aliphatic heterocycles. The van der Waals surface area contributed by atoms with Crippen molar-refractivity contribution in [3.63, 3.8) is 0 Å². The van der Waals surface area contributed by atoms with Crippen LogP contribution >= 0.6 is 0 Å². The van der Waals surface area contributed by atoms with Crippen LogP contribution in [-0.4, -0.2) is 30.2 Å². The van der Waals surface area contributed by atoms with E-state index >= 15 is 0 Å². The Hall–Kier alpha value is -0.610. The molecule has 0 bridgehead atoms. The highest BCUT2D eigenvalue weighted by Crippen LogP contribution is 2.44. The summed E-state index contributed by atoms with van der Waals surface area (Å²) in [5, 5.41) is 12.3. The Labute approximate surface area is 83.9 Å². The van der Waals surface area contributed by atoms with E-state index in [4.69, 9.17) is 5.73 Å². The summed E-state index contributed by atoms with van der Waals surface area (Å²) in [6.45, 7) is 0.823. The molecule has 14 heavy (non-hydrogen) atoms. The average molecular weight is 198 g/mol. The van der Waals surface area contributed by atoms with Crippen LogP contribution in [0, 0.1) is 11.3 Å². The topological polar surface area (TPSA) is 75.4 Å². The van der Waals surface area contributed by atoms with Crippen LogP contribution in [0.2, 0.25) is 0 Å². The molecule has 0 heterocycles. The Kier molecular flexibility index (Phi) is 2.49. The quantitative estimate of drug-likeness (QED) is 0.563. The van der Waals surface area contributed by atoms with E-state index in [1.807, 2.05) is 0 Å². The second-order valence-electron chi connectivity index (χ2n) is 4.60. The molecule has 0 radical (unpaired) electrons. The standard InChI is InChI=1S/C10H18N2O2/c11-6-10(3-4-10)9(14)12-5-8(13)7-1-2-7/h7-8,13H,1-6,11H2,(H,12,14). The van der Waals surface area contributed by atoms with Gasteiger partial charge in [0.25, 0.3) is 0 Å². The van der Waals surface area contributed by atoms with E-state index in [0.29, 0.717) is 19.0 Å². The predicted octanol–water partition coefficient (Wildman–Crippen LogP) is -0.388. The summed E-state index contributed by atoms with van der Waals surface area (Å²) in [6.07, 6.45) is 3.63. The highest BCUT2D eigenvalue weighted by Gasteiger charge is 2.48. The fourth-order valence-corrected chi connectivity index (χ4v) is 1.71. The maximum Gasteiger partial charge on any atom is 0.227 e. The molecule has 0 aromatic carbocycles. The van der Waals surface area contributed by atoms with Gasteiger partial charge in [-0.2, -0.15) is 0 Å². The first-order chi connectivity index (χ1) is 6.68. The van der Waals surface area contributed by atoms with Crippen LogP contribution in [0.25, 0.3) is 0 Å². The maximum absolute atomic E-state index is 11.6. The van der Waals surface area contributed by atoms with Gasteiger partial charge in [-0.3, -0.25) is 4.79 Å². The molecule has 2 aliphatic carbocycles. The van der Waals surface area contributed by atoms with Crippen molar-refractivity contribution in [2.45, 2.75) is 31.8 Å². The van der Waals surface area contributed by atoms with E-state index in [1.165, 1.54) is 0 Å². The Morgan fingerprint density at radius 2 is 2.21 bits per heavy atom. The van der Waals surface area contributed by atoms with Crippen LogP contribution in [0.3, 0.4) is 0 Å². The molecule has 80 valence electrons. The van der Waals surface area contributed by atoms with Gasteiger partial charge >= 0.3 is 0 Å². The van der Waals surface area contributed by atoms with Gasteiger partial charge in [0.05, 0.1) is 11.5 Å². The zero-order chi connectivity index (χ0) is 10.2. The van der Waals surface area contributed by atoms with Gasteiger partial charge in [0.2, 0.25) is 5.91 Å². The van der Waals surface area contributed by atoms with Crippen molar-refractivity contribution in [2.24, 2.45) is 17.1 Å². The fraction of sp³-hybridized carbons (Fsp3) is 0.900. The molecular weight excluding hydrogens is 180 g/mol. The van der Waals surface area contributed by atoms with Crippen LogP contribution in [0.1, 0.15) is 25.7 Å². The van der Waals surface area contributed by atoms with Gasteiger partial charge in [-0.05, 0) is 31.6 Å². The lowest BCUT2D eigenvalue weighted by molar-refractivity contribution is -0.126. The highest BCUT2D eigenvalue weighted by molar-refractivity contribution is 5.85. The van der Waals surface area contributed by atoms with Gasteiger partial charge in [-0.25, -0.2) is 0 Å². The minimum Gasteiger partial charge on any atom is -0.391 e. The summed E-state index contributed by atoms with van der Waals surface area (Å²) < 4.78 is 0. The molecule has 0 spiro atoms. The van der Waals surface area contributed by atoms with E-state index in [9.17, 15) is 9.90 Å². The lowest BCUT2D eigenvalue weighted by Gasteiger charge is -2.15. The number of rotatable bonds is 5. The van der Waals surface area contributed by atoms with Crippen molar-refractivity contribution >= 4 is 5.91 Å². The van der Waals surface area contributed by atoms with E-state index in [1.54, 1.807) is 0 Å². The van der Waals surface area contributed by atoms with E-state index in [2.05, 4.69) is 5.32 Å². The normalized spacial score (nSPS) is 25.6. The van der Waals surface area contributed by atoms with Crippen LogP contribution < -0.4 is 11.1 Å². The minimum absolute atomic E-state index is 0.0275. The third-order valence-corrected chi connectivity index (χ3v) is 3.36. The fourth-order valence-electron chi connectivity index (χ4n) is 1.71. The number of carbonyl (C=O) groups is 1. The Bertz CT molecular complexity index is 234. The number of amides is 1. The molecule has 2 aliphatic rings. The van der Waals surface area contributed by atoms with Gasteiger partial charge in [0.1, 0.15) is 0 Å². The van der Waals surface area contributed by atoms with Crippen molar-refractivity contribution < 1.29 is 9.90 Å². The van der Waals surface area contributed by atoms with Crippen LogP contribution in [0.5, 0.6) is 0 Å². The second-order valence-corrected chi connectivity index (χ2v) is 4.60. The van der Waals surface area contributed by atoms with E-state index in [-0.39, 0.29) is 17.4 Å². The first-order valence-corrected chi connectivity index (χ1v) is 5.34. The molecule has 0 aromatic heterocycles. The van der Waals surface area contributed by atoms with Crippen LogP contribution in [0.4, 0.5) is 0 Å². The monoisotopic (exact) mass is 198 g/mol. The molecule has 1 atom stereocenters. The van der Waals surface area contributed by atoms with Gasteiger partial charge in [0, 0.05) is 13.1 Å². The average Bonchev–Trinajstić information content (AvgIpc) is 3.06. The lowest BCUT2D eigenvalue weighted by Crippen LogP contribution is -2.40. The third-order valence-electron chi connectivity index (χ3n) is 3.36. The van der Waals surface area contributed by atoms with Crippen LogP contribution in [-0.2, 0) is 4.79 Å². The first-order valence-electron chi connectivity index (χ1n) is 5.34. The minimum atomic E-state index is -0.354. The number of aliphatic hydroxyl groups excluding tert-OH is 1. The Morgan fingerprint density at radius 1 is 1.57 bits per heavy atom. The van der Waals surface area contributed by atoms with Gasteiger partial charge in [0.15, 0.2) is 0 Å². The van der Waals surface area contributed by atoms with Gasteiger partial charge in [-0.1, -0.05) is 0 Å². The molecule has 1 amide bonds. The molecule has 4 nitrogen and oxygen atoms in total. The number of hydrogen-bond acceptors (Lipinski definition) is 3. The zero-order valence-corrected chi connectivity index (χ0v) is 8.33. The summed E-state index contributed by atoms with van der Waals surface area (Å²) >= 11 is 0. The van der Waals surface area contributed by atoms with Crippen molar-refractivity contribution in [1.29, 1.82) is 0 Å². The van der Waals surface area contributed by atoms with E-state index < -0.39 is 0 Å². The summed E-state index contributed by atoms with van der Waals surface area (Å²) in [7, 11) is 0. The molecule has 4 heteroatoms. The highest BCUT2D eigenvalue weighted by atomic mass is 16.3. The van der Waals surface area contributed by atoms with Crippen molar-refractivity contribution in [3.05, 3.63) is 0 Å². The molecule has 4 N–H and O–H groups in total. The SMILES string of the molecule is NCC1(C(=O)NCC(O)C2CC2)CC1. The predicted molar refractivity (Wildman–Crippen MR) is 52.5 cm³/mol. The molecule has 1 unspecified atom stereocenters. The number of carbonyl (C=O) groups excluding carboxylic acids is 1. The lowest BCUT2D eigenvalue weighted by atomic mass is 10.1. The summed E-state index contributed by atoms with van der Waals surface area (Å²) in [5.74, 6) is 0.447. The van der Waals surface area contributed by atoms with Crippen molar-refractivity contribution in [1.82, 2.24) is 5.32 Å². The molecule has 0 saturated heterocycles. The largest absolute Gasteiger partial charge is 0.391 e. The Balaban J connectivity index is 1.72. The second kappa shape index (κ2) is 3.51. The first kappa shape index (κ1) is 9.93. The molecule has 0 aromatic rings. The van der Waals surface area contributed by atoms with Crippen molar-refractivity contribution in [3.8, 4) is 0 Å². The number of hydrogen-bond donors (Lipinski definition) is 3. The van der Waals surface area contributed by atoms with Crippen LogP contribution in [0.15, 0.2) is 0 Å². The van der Waals surface area contributed by atoms with Crippen molar-refractivity contribution in [2.75, 3.05) is 13.1 Å². The number of nitrogens with one attached hydrogen (secondary N) is 1. The number of aliphatic hydroxyl groups is 1. The van der Waals surface area contributed by atoms with Gasteiger partial charge < -0.3 is 16.2 Å². The molecule has 2 saturated carbocycles. The van der Waals surface area contributed by atoms with Gasteiger partial charge in [-0.15, -0.1) is 0 Å².